The van der Waals surface area contributed by atoms with Gasteiger partial charge in [-0.2, -0.15) is 0 Å². The minimum absolute atomic E-state index is 0.681. The Morgan fingerprint density at radius 1 is 1.29 bits per heavy atom. The van der Waals surface area contributed by atoms with Gasteiger partial charge in [0.15, 0.2) is 0 Å². The molecule has 1 nitrogen and oxygen atoms in total. The fourth-order valence-electron chi connectivity index (χ4n) is 3.37. The number of likely N-dealkylation sites (tertiary alicyclic amines) is 1. The molecule has 1 saturated heterocycles. The smallest absolute Gasteiger partial charge is 0.0293 e. The Hall–Kier alpha value is -1.08. The zero-order valence-corrected chi connectivity index (χ0v) is 11.0. The molecule has 0 aromatic heterocycles. The topological polar surface area (TPSA) is 3.24 Å². The zero-order valence-electron chi connectivity index (χ0n) is 11.0. The van der Waals surface area contributed by atoms with Crippen LogP contribution in [-0.2, 0) is 0 Å². The van der Waals surface area contributed by atoms with Crippen molar-refractivity contribution in [2.24, 2.45) is 5.92 Å². The summed E-state index contributed by atoms with van der Waals surface area (Å²) in [5.41, 5.74) is 4.41. The second kappa shape index (κ2) is 3.99. The first kappa shape index (κ1) is 11.0. The molecule has 3 rings (SSSR count). The Labute approximate surface area is 104 Å². The first-order chi connectivity index (χ1) is 8.15. The normalized spacial score (nSPS) is 27.9. The lowest BCUT2D eigenvalue weighted by molar-refractivity contribution is 0.227. The largest absolute Gasteiger partial charge is 0.294 e. The molecule has 1 aliphatic heterocycles. The van der Waals surface area contributed by atoms with Gasteiger partial charge in [0.1, 0.15) is 0 Å². The average molecular weight is 227 g/mol. The van der Waals surface area contributed by atoms with E-state index in [4.69, 9.17) is 0 Å². The van der Waals surface area contributed by atoms with E-state index < -0.39 is 0 Å². The van der Waals surface area contributed by atoms with Crippen LogP contribution >= 0.6 is 0 Å². The molecule has 1 fully saturated rings. The van der Waals surface area contributed by atoms with Gasteiger partial charge in [0.2, 0.25) is 0 Å². The molecule has 1 heterocycles. The summed E-state index contributed by atoms with van der Waals surface area (Å²) in [6, 6.07) is 10.3. The second-order valence-corrected chi connectivity index (χ2v) is 5.78. The summed E-state index contributed by atoms with van der Waals surface area (Å²) in [6.07, 6.45) is 3.84. The van der Waals surface area contributed by atoms with Gasteiger partial charge in [-0.3, -0.25) is 4.90 Å². The van der Waals surface area contributed by atoms with E-state index in [0.717, 1.165) is 5.92 Å². The summed E-state index contributed by atoms with van der Waals surface area (Å²) in [6.45, 7) is 8.04. The van der Waals surface area contributed by atoms with Crippen molar-refractivity contribution in [3.05, 3.63) is 41.5 Å². The van der Waals surface area contributed by atoms with E-state index in [2.05, 4.69) is 56.0 Å². The Kier molecular flexibility index (Phi) is 2.59. The third kappa shape index (κ3) is 1.83. The molecule has 0 radical (unpaired) electrons. The Bertz CT molecular complexity index is 458. The van der Waals surface area contributed by atoms with Crippen LogP contribution in [0.1, 0.15) is 31.4 Å². The summed E-state index contributed by atoms with van der Waals surface area (Å²) < 4.78 is 0. The van der Waals surface area contributed by atoms with Crippen LogP contribution in [0.4, 0.5) is 0 Å². The molecule has 0 unspecified atom stereocenters. The Morgan fingerprint density at radius 3 is 2.71 bits per heavy atom. The summed E-state index contributed by atoms with van der Waals surface area (Å²) in [5, 5.41) is 0. The van der Waals surface area contributed by atoms with Gasteiger partial charge in [-0.25, -0.2) is 0 Å². The zero-order chi connectivity index (χ0) is 12.0. The molecule has 0 amide bonds. The van der Waals surface area contributed by atoms with Crippen LogP contribution in [0.3, 0.4) is 0 Å². The van der Waals surface area contributed by atoms with E-state index in [-0.39, 0.29) is 0 Å². The molecular formula is C16H21N. The van der Waals surface area contributed by atoms with Crippen LogP contribution < -0.4 is 0 Å². The highest BCUT2D eigenvalue weighted by atomic mass is 15.2. The van der Waals surface area contributed by atoms with E-state index >= 15 is 0 Å². The number of fused-ring (bicyclic) bond motifs is 2. The van der Waals surface area contributed by atoms with Gasteiger partial charge in [-0.15, -0.1) is 0 Å². The van der Waals surface area contributed by atoms with E-state index in [1.807, 2.05) is 0 Å². The number of nitrogens with zero attached hydrogens (tertiary/aromatic N) is 1. The van der Waals surface area contributed by atoms with E-state index in [9.17, 15) is 0 Å². The number of rotatable bonds is 2. The van der Waals surface area contributed by atoms with Gasteiger partial charge in [0.05, 0.1) is 0 Å². The number of benzene rings is 1. The molecule has 0 saturated carbocycles. The average Bonchev–Trinajstić information content (AvgIpc) is 2.87. The van der Waals surface area contributed by atoms with Gasteiger partial charge < -0.3 is 0 Å². The van der Waals surface area contributed by atoms with Gasteiger partial charge in [0.25, 0.3) is 0 Å². The summed E-state index contributed by atoms with van der Waals surface area (Å²) in [5.74, 6) is 0.768. The third-order valence-electron chi connectivity index (χ3n) is 4.21. The van der Waals surface area contributed by atoms with Crippen LogP contribution in [0.2, 0.25) is 0 Å². The molecule has 0 spiro atoms. The van der Waals surface area contributed by atoms with Crippen molar-refractivity contribution in [2.75, 3.05) is 6.54 Å². The number of hydrogen-bond acceptors (Lipinski definition) is 1. The molecule has 0 N–H and O–H groups in total. The lowest BCUT2D eigenvalue weighted by Crippen LogP contribution is -2.36. The molecular weight excluding hydrogens is 206 g/mol. The van der Waals surface area contributed by atoms with E-state index in [0.29, 0.717) is 12.1 Å². The maximum atomic E-state index is 2.63. The highest BCUT2D eigenvalue weighted by molar-refractivity contribution is 5.72. The van der Waals surface area contributed by atoms with Crippen LogP contribution in [0, 0.1) is 12.8 Å². The minimum Gasteiger partial charge on any atom is -0.294 e. The van der Waals surface area contributed by atoms with Crippen molar-refractivity contribution < 1.29 is 0 Å². The third-order valence-corrected chi connectivity index (χ3v) is 4.21. The Morgan fingerprint density at radius 2 is 2.12 bits per heavy atom. The van der Waals surface area contributed by atoms with Crippen molar-refractivity contribution in [2.45, 2.75) is 39.3 Å². The predicted molar refractivity (Wildman–Crippen MR) is 72.9 cm³/mol. The predicted octanol–water partition coefficient (Wildman–Crippen LogP) is 3.49. The SMILES string of the molecule is Cc1cccc(C2=C[C@@H]3C[C@H]2CN3C(C)C)c1. The van der Waals surface area contributed by atoms with Crippen LogP contribution in [-0.4, -0.2) is 23.5 Å². The van der Waals surface area contributed by atoms with Crippen LogP contribution in [0.25, 0.3) is 5.57 Å². The van der Waals surface area contributed by atoms with Crippen molar-refractivity contribution in [3.8, 4) is 0 Å². The molecule has 90 valence electrons. The molecule has 2 bridgehead atoms. The molecule has 1 aliphatic carbocycles. The first-order valence-corrected chi connectivity index (χ1v) is 6.69. The monoisotopic (exact) mass is 227 g/mol. The molecule has 2 aliphatic rings. The lowest BCUT2D eigenvalue weighted by atomic mass is 9.94. The van der Waals surface area contributed by atoms with Gasteiger partial charge in [-0.1, -0.05) is 35.9 Å². The van der Waals surface area contributed by atoms with Crippen LogP contribution in [0.15, 0.2) is 30.3 Å². The van der Waals surface area contributed by atoms with Gasteiger partial charge >= 0.3 is 0 Å². The fourth-order valence-corrected chi connectivity index (χ4v) is 3.37. The maximum Gasteiger partial charge on any atom is 0.0293 e. The standard InChI is InChI=1S/C16H21N/c1-11(2)17-10-14-8-15(17)9-16(14)13-6-4-5-12(3)7-13/h4-7,9,11,14-15H,8,10H2,1-3H3/t14-,15-/m0/s1. The quantitative estimate of drug-likeness (QED) is 0.747. The van der Waals surface area contributed by atoms with Gasteiger partial charge in [0, 0.05) is 18.6 Å². The van der Waals surface area contributed by atoms with Crippen LogP contribution in [0.5, 0.6) is 0 Å². The summed E-state index contributed by atoms with van der Waals surface area (Å²) in [7, 11) is 0. The van der Waals surface area contributed by atoms with Crippen molar-refractivity contribution in [3.63, 3.8) is 0 Å². The first-order valence-electron chi connectivity index (χ1n) is 6.69. The number of hydrogen-bond donors (Lipinski definition) is 0. The fraction of sp³-hybridized carbons (Fsp3) is 0.500. The summed E-state index contributed by atoms with van der Waals surface area (Å²) >= 11 is 0. The van der Waals surface area contributed by atoms with E-state index in [1.54, 1.807) is 5.57 Å². The van der Waals surface area contributed by atoms with Gasteiger partial charge in [-0.05, 0) is 44.2 Å². The highest BCUT2D eigenvalue weighted by Crippen LogP contribution is 2.43. The lowest BCUT2D eigenvalue weighted by Gasteiger charge is -2.29. The minimum atomic E-state index is 0.681. The molecule has 1 heteroatoms. The maximum absolute atomic E-state index is 2.63. The van der Waals surface area contributed by atoms with Crippen molar-refractivity contribution in [1.82, 2.24) is 4.90 Å². The van der Waals surface area contributed by atoms with Crippen molar-refractivity contribution in [1.29, 1.82) is 0 Å². The molecule has 1 aromatic rings. The van der Waals surface area contributed by atoms with E-state index in [1.165, 1.54) is 24.1 Å². The Balaban J connectivity index is 1.89. The molecule has 1 aromatic carbocycles. The second-order valence-electron chi connectivity index (χ2n) is 5.78. The highest BCUT2D eigenvalue weighted by Gasteiger charge is 2.39. The summed E-state index contributed by atoms with van der Waals surface area (Å²) in [4.78, 5) is 2.63. The molecule has 17 heavy (non-hydrogen) atoms. The molecule has 2 atom stereocenters. The number of aryl methyl sites for hydroxylation is 1. The van der Waals surface area contributed by atoms with Crippen molar-refractivity contribution >= 4 is 5.57 Å².